The molecule has 0 aliphatic heterocycles. The van der Waals surface area contributed by atoms with E-state index in [2.05, 4.69) is 0 Å². The molecule has 2 N–H and O–H groups in total. The number of hydrogen-bond donors (Lipinski definition) is 2. The maximum Gasteiger partial charge on any atom is 0.176 e. The molecule has 4 nitrogen and oxygen atoms in total. The van der Waals surface area contributed by atoms with Gasteiger partial charge in [-0.3, -0.25) is 9.69 Å². The molecule has 0 aliphatic carbocycles. The first-order chi connectivity index (χ1) is 8.58. The minimum absolute atomic E-state index is 0.0137. The quantitative estimate of drug-likeness (QED) is 0.703. The van der Waals surface area contributed by atoms with Crippen LogP contribution in [0, 0.1) is 13.8 Å². The van der Waals surface area contributed by atoms with Crippen molar-refractivity contribution in [1.82, 2.24) is 4.90 Å². The Morgan fingerprint density at radius 3 is 2.22 bits per heavy atom. The largest absolute Gasteiger partial charge is 0.395 e. The maximum absolute atomic E-state index is 12.1. The summed E-state index contributed by atoms with van der Waals surface area (Å²) in [4.78, 5) is 13.8. The van der Waals surface area contributed by atoms with Crippen molar-refractivity contribution in [3.05, 3.63) is 34.9 Å². The number of nitrogens with zero attached hydrogens (tertiary/aromatic N) is 1. The lowest BCUT2D eigenvalue weighted by Gasteiger charge is -2.19. The Balaban J connectivity index is 2.70. The maximum atomic E-state index is 12.1. The van der Waals surface area contributed by atoms with Gasteiger partial charge in [0.25, 0.3) is 0 Å². The van der Waals surface area contributed by atoms with Crippen molar-refractivity contribution >= 4 is 5.78 Å². The van der Waals surface area contributed by atoms with E-state index in [1.54, 1.807) is 4.90 Å². The van der Waals surface area contributed by atoms with E-state index in [9.17, 15) is 4.79 Å². The monoisotopic (exact) mass is 251 g/mol. The van der Waals surface area contributed by atoms with E-state index in [1.807, 2.05) is 32.0 Å². The van der Waals surface area contributed by atoms with Gasteiger partial charge in [0, 0.05) is 18.7 Å². The Hall–Kier alpha value is -1.23. The Labute approximate surface area is 108 Å². The second-order valence-corrected chi connectivity index (χ2v) is 4.45. The van der Waals surface area contributed by atoms with E-state index in [4.69, 9.17) is 10.2 Å². The molecule has 100 valence electrons. The van der Waals surface area contributed by atoms with Gasteiger partial charge in [-0.1, -0.05) is 12.1 Å². The van der Waals surface area contributed by atoms with Crippen molar-refractivity contribution in [3.63, 3.8) is 0 Å². The summed E-state index contributed by atoms with van der Waals surface area (Å²) in [5, 5.41) is 17.8. The zero-order valence-electron chi connectivity index (χ0n) is 11.0. The van der Waals surface area contributed by atoms with Crippen LogP contribution in [0.4, 0.5) is 0 Å². The highest BCUT2D eigenvalue weighted by molar-refractivity contribution is 5.97. The van der Waals surface area contributed by atoms with Gasteiger partial charge in [-0.2, -0.15) is 0 Å². The Kier molecular flexibility index (Phi) is 5.98. The van der Waals surface area contributed by atoms with Crippen LogP contribution in [-0.2, 0) is 0 Å². The summed E-state index contributed by atoms with van der Waals surface area (Å²) in [6.07, 6.45) is 0. The molecule has 0 aliphatic rings. The van der Waals surface area contributed by atoms with Crippen LogP contribution < -0.4 is 0 Å². The van der Waals surface area contributed by atoms with Crippen molar-refractivity contribution in [2.75, 3.05) is 32.8 Å². The smallest absolute Gasteiger partial charge is 0.176 e. The molecule has 1 rings (SSSR count). The van der Waals surface area contributed by atoms with Crippen LogP contribution in [-0.4, -0.2) is 53.7 Å². The van der Waals surface area contributed by atoms with Gasteiger partial charge < -0.3 is 10.2 Å². The summed E-state index contributed by atoms with van der Waals surface area (Å²) in [5.41, 5.74) is 2.94. The summed E-state index contributed by atoms with van der Waals surface area (Å²) in [5.74, 6) is 0.0139. The van der Waals surface area contributed by atoms with Crippen LogP contribution in [0.3, 0.4) is 0 Å². The second-order valence-electron chi connectivity index (χ2n) is 4.45. The lowest BCUT2D eigenvalue weighted by Crippen LogP contribution is -2.34. The number of aliphatic hydroxyl groups is 2. The average Bonchev–Trinajstić information content (AvgIpc) is 2.33. The molecule has 1 aromatic rings. The summed E-state index contributed by atoms with van der Waals surface area (Å²) in [6.45, 7) is 4.98. The molecule has 0 fully saturated rings. The van der Waals surface area contributed by atoms with E-state index in [-0.39, 0.29) is 25.5 Å². The van der Waals surface area contributed by atoms with E-state index in [1.165, 1.54) is 0 Å². The first kappa shape index (κ1) is 14.8. The fraction of sp³-hybridized carbons (Fsp3) is 0.500. The number of rotatable bonds is 7. The third-order valence-corrected chi connectivity index (χ3v) is 3.03. The number of ketones is 1. The van der Waals surface area contributed by atoms with Crippen molar-refractivity contribution in [2.45, 2.75) is 13.8 Å². The SMILES string of the molecule is Cc1ccc(C(=O)CN(CCO)CCO)cc1C. The zero-order valence-corrected chi connectivity index (χ0v) is 11.0. The molecule has 4 heteroatoms. The van der Waals surface area contributed by atoms with Gasteiger partial charge in [0.1, 0.15) is 0 Å². The van der Waals surface area contributed by atoms with Crippen LogP contribution in [0.25, 0.3) is 0 Å². The molecular weight excluding hydrogens is 230 g/mol. The van der Waals surface area contributed by atoms with Crippen molar-refractivity contribution in [3.8, 4) is 0 Å². The molecule has 0 spiro atoms. The standard InChI is InChI=1S/C14H21NO3/c1-11-3-4-13(9-12(11)2)14(18)10-15(5-7-16)6-8-17/h3-4,9,16-17H,5-8,10H2,1-2H3. The summed E-state index contributed by atoms with van der Waals surface area (Å²) >= 11 is 0. The predicted molar refractivity (Wildman–Crippen MR) is 70.9 cm³/mol. The topological polar surface area (TPSA) is 60.8 Å². The van der Waals surface area contributed by atoms with Gasteiger partial charge in [-0.05, 0) is 31.0 Å². The van der Waals surface area contributed by atoms with Gasteiger partial charge in [-0.25, -0.2) is 0 Å². The molecule has 0 radical (unpaired) electrons. The summed E-state index contributed by atoms with van der Waals surface area (Å²) in [6, 6.07) is 5.64. The van der Waals surface area contributed by atoms with Gasteiger partial charge >= 0.3 is 0 Å². The molecule has 0 aromatic heterocycles. The normalized spacial score (nSPS) is 10.9. The Bertz CT molecular complexity index is 398. The molecule has 0 heterocycles. The van der Waals surface area contributed by atoms with Gasteiger partial charge in [-0.15, -0.1) is 0 Å². The predicted octanol–water partition coefficient (Wildman–Crippen LogP) is 0.773. The third-order valence-electron chi connectivity index (χ3n) is 3.03. The fourth-order valence-electron chi connectivity index (χ4n) is 1.76. The van der Waals surface area contributed by atoms with E-state index in [0.29, 0.717) is 18.7 Å². The molecule has 0 saturated heterocycles. The number of aryl methyl sites for hydroxylation is 2. The molecule has 1 aromatic carbocycles. The highest BCUT2D eigenvalue weighted by Gasteiger charge is 2.12. The van der Waals surface area contributed by atoms with Crippen molar-refractivity contribution in [2.24, 2.45) is 0 Å². The molecule has 0 bridgehead atoms. The first-order valence-electron chi connectivity index (χ1n) is 6.13. The highest BCUT2D eigenvalue weighted by Crippen LogP contribution is 2.10. The van der Waals surface area contributed by atoms with Crippen LogP contribution in [0.2, 0.25) is 0 Å². The summed E-state index contributed by atoms with van der Waals surface area (Å²) in [7, 11) is 0. The van der Waals surface area contributed by atoms with Crippen molar-refractivity contribution in [1.29, 1.82) is 0 Å². The Morgan fingerprint density at radius 1 is 1.11 bits per heavy atom. The fourth-order valence-corrected chi connectivity index (χ4v) is 1.76. The first-order valence-corrected chi connectivity index (χ1v) is 6.13. The Morgan fingerprint density at radius 2 is 1.72 bits per heavy atom. The molecule has 0 saturated carbocycles. The zero-order chi connectivity index (χ0) is 13.5. The molecule has 0 unspecified atom stereocenters. The lowest BCUT2D eigenvalue weighted by molar-refractivity contribution is 0.0894. The molecule has 18 heavy (non-hydrogen) atoms. The number of aliphatic hydroxyl groups excluding tert-OH is 2. The van der Waals surface area contributed by atoms with Crippen LogP contribution >= 0.6 is 0 Å². The van der Waals surface area contributed by atoms with Gasteiger partial charge in [0.15, 0.2) is 5.78 Å². The second kappa shape index (κ2) is 7.26. The number of Topliss-reactive ketones (excluding diaryl/α,β-unsaturated/α-hetero) is 1. The minimum Gasteiger partial charge on any atom is -0.395 e. The number of carbonyl (C=O) groups is 1. The molecule has 0 atom stereocenters. The summed E-state index contributed by atoms with van der Waals surface area (Å²) < 4.78 is 0. The van der Waals surface area contributed by atoms with E-state index >= 15 is 0 Å². The minimum atomic E-state index is -0.0137. The highest BCUT2D eigenvalue weighted by atomic mass is 16.3. The number of carbonyl (C=O) groups excluding carboxylic acids is 1. The van der Waals surface area contributed by atoms with Crippen LogP contribution in [0.15, 0.2) is 18.2 Å². The molecular formula is C14H21NO3. The molecule has 0 amide bonds. The van der Waals surface area contributed by atoms with Crippen LogP contribution in [0.1, 0.15) is 21.5 Å². The van der Waals surface area contributed by atoms with Crippen LogP contribution in [0.5, 0.6) is 0 Å². The van der Waals surface area contributed by atoms with E-state index in [0.717, 1.165) is 11.1 Å². The number of hydrogen-bond acceptors (Lipinski definition) is 4. The van der Waals surface area contributed by atoms with Crippen molar-refractivity contribution < 1.29 is 15.0 Å². The lowest BCUT2D eigenvalue weighted by atomic mass is 10.0. The van der Waals surface area contributed by atoms with E-state index < -0.39 is 0 Å². The van der Waals surface area contributed by atoms with Gasteiger partial charge in [0.2, 0.25) is 0 Å². The average molecular weight is 251 g/mol. The number of benzene rings is 1. The van der Waals surface area contributed by atoms with Gasteiger partial charge in [0.05, 0.1) is 19.8 Å². The third kappa shape index (κ3) is 4.22.